The highest BCUT2D eigenvalue weighted by atomic mass is 16.2. The molecule has 0 spiro atoms. The molecule has 7 nitrogen and oxygen atoms in total. The van der Waals surface area contributed by atoms with Crippen molar-refractivity contribution in [1.82, 2.24) is 20.4 Å². The van der Waals surface area contributed by atoms with E-state index in [1.807, 2.05) is 29.2 Å². The van der Waals surface area contributed by atoms with Gasteiger partial charge in [-0.15, -0.1) is 0 Å². The van der Waals surface area contributed by atoms with Crippen LogP contribution in [0.2, 0.25) is 0 Å². The third-order valence-electron chi connectivity index (χ3n) is 8.48. The number of piperazine rings is 1. The SMILES string of the molecule is CNC(=O)CN1CCN(C(=O)c2ccc(CNC(=O)C34CC5CC(CC(C5)C3)C4)cc2)CC1. The number of amides is 3. The van der Waals surface area contributed by atoms with Crippen LogP contribution in [0.25, 0.3) is 0 Å². The van der Waals surface area contributed by atoms with E-state index in [0.717, 1.165) is 42.6 Å². The highest BCUT2D eigenvalue weighted by Crippen LogP contribution is 2.60. The number of hydrogen-bond acceptors (Lipinski definition) is 4. The Morgan fingerprint density at radius 1 is 0.909 bits per heavy atom. The van der Waals surface area contributed by atoms with Gasteiger partial charge in [0.15, 0.2) is 0 Å². The molecule has 0 unspecified atom stereocenters. The van der Waals surface area contributed by atoms with Crippen molar-refractivity contribution in [1.29, 1.82) is 0 Å². The zero-order valence-corrected chi connectivity index (χ0v) is 19.6. The number of hydrogen-bond donors (Lipinski definition) is 2. The predicted molar refractivity (Wildman–Crippen MR) is 125 cm³/mol. The van der Waals surface area contributed by atoms with Crippen molar-refractivity contribution in [2.75, 3.05) is 39.8 Å². The first-order chi connectivity index (χ1) is 15.9. The maximum Gasteiger partial charge on any atom is 0.253 e. The maximum atomic E-state index is 13.2. The van der Waals surface area contributed by atoms with Crippen LogP contribution in [0.3, 0.4) is 0 Å². The van der Waals surface area contributed by atoms with E-state index in [1.165, 1.54) is 19.3 Å². The summed E-state index contributed by atoms with van der Waals surface area (Å²) in [6, 6.07) is 7.64. The van der Waals surface area contributed by atoms with Gasteiger partial charge in [0, 0.05) is 50.7 Å². The second kappa shape index (κ2) is 9.09. The van der Waals surface area contributed by atoms with E-state index in [1.54, 1.807) is 7.05 Å². The summed E-state index contributed by atoms with van der Waals surface area (Å²) in [5.41, 5.74) is 1.58. The fourth-order valence-corrected chi connectivity index (χ4v) is 7.10. The Hall–Kier alpha value is -2.41. The van der Waals surface area contributed by atoms with Gasteiger partial charge in [-0.25, -0.2) is 0 Å². The molecule has 0 radical (unpaired) electrons. The topological polar surface area (TPSA) is 81.8 Å². The predicted octanol–water partition coefficient (Wildman–Crippen LogP) is 2.02. The number of nitrogens with zero attached hydrogens (tertiary/aromatic N) is 2. The Balaban J connectivity index is 1.12. The Labute approximate surface area is 196 Å². The zero-order chi connectivity index (χ0) is 23.0. The highest BCUT2D eigenvalue weighted by Gasteiger charge is 2.54. The van der Waals surface area contributed by atoms with Crippen molar-refractivity contribution in [2.24, 2.45) is 23.2 Å². The van der Waals surface area contributed by atoms with Crippen LogP contribution in [-0.2, 0) is 16.1 Å². The number of carbonyl (C=O) groups is 3. The molecule has 7 heteroatoms. The molecule has 1 aromatic rings. The van der Waals surface area contributed by atoms with E-state index in [-0.39, 0.29) is 23.1 Å². The number of rotatable bonds is 6. The van der Waals surface area contributed by atoms with E-state index in [0.29, 0.717) is 44.8 Å². The normalized spacial score (nSPS) is 30.8. The largest absolute Gasteiger partial charge is 0.358 e. The summed E-state index contributed by atoms with van der Waals surface area (Å²) in [7, 11) is 1.64. The average molecular weight is 453 g/mol. The van der Waals surface area contributed by atoms with Crippen LogP contribution in [0.5, 0.6) is 0 Å². The Morgan fingerprint density at radius 2 is 1.48 bits per heavy atom. The molecule has 2 N–H and O–H groups in total. The van der Waals surface area contributed by atoms with Gasteiger partial charge in [0.2, 0.25) is 11.8 Å². The van der Waals surface area contributed by atoms with Gasteiger partial charge in [0.1, 0.15) is 0 Å². The summed E-state index contributed by atoms with van der Waals surface area (Å²) >= 11 is 0. The molecular weight excluding hydrogens is 416 g/mol. The summed E-state index contributed by atoms with van der Waals surface area (Å²) in [5.74, 6) is 2.56. The van der Waals surface area contributed by atoms with Crippen LogP contribution in [0.15, 0.2) is 24.3 Å². The average Bonchev–Trinajstić information content (AvgIpc) is 2.82. The van der Waals surface area contributed by atoms with Crippen molar-refractivity contribution in [3.8, 4) is 0 Å². The fraction of sp³-hybridized carbons (Fsp3) is 0.654. The number of nitrogens with one attached hydrogen (secondary N) is 2. The van der Waals surface area contributed by atoms with Crippen LogP contribution in [0.1, 0.15) is 54.4 Å². The zero-order valence-electron chi connectivity index (χ0n) is 19.6. The minimum atomic E-state index is -0.120. The lowest BCUT2D eigenvalue weighted by molar-refractivity contribution is -0.146. The van der Waals surface area contributed by atoms with Gasteiger partial charge < -0.3 is 15.5 Å². The molecule has 4 saturated carbocycles. The molecule has 1 aromatic carbocycles. The van der Waals surface area contributed by atoms with Crippen molar-refractivity contribution in [2.45, 2.75) is 45.1 Å². The van der Waals surface area contributed by atoms with Gasteiger partial charge in [-0.2, -0.15) is 0 Å². The van der Waals surface area contributed by atoms with Gasteiger partial charge in [0.05, 0.1) is 6.54 Å². The molecule has 5 fully saturated rings. The molecular formula is C26H36N4O3. The summed E-state index contributed by atoms with van der Waals surface area (Å²) in [6.45, 7) is 3.55. The van der Waals surface area contributed by atoms with Gasteiger partial charge in [-0.05, 0) is 74.0 Å². The van der Waals surface area contributed by atoms with Crippen molar-refractivity contribution >= 4 is 17.7 Å². The van der Waals surface area contributed by atoms with E-state index in [4.69, 9.17) is 0 Å². The molecule has 5 aliphatic rings. The van der Waals surface area contributed by atoms with Gasteiger partial charge >= 0.3 is 0 Å². The summed E-state index contributed by atoms with van der Waals surface area (Å²) < 4.78 is 0. The molecule has 1 heterocycles. The first-order valence-electron chi connectivity index (χ1n) is 12.5. The van der Waals surface area contributed by atoms with Gasteiger partial charge in [0.25, 0.3) is 5.91 Å². The van der Waals surface area contributed by atoms with E-state index in [2.05, 4.69) is 15.5 Å². The van der Waals surface area contributed by atoms with Crippen LogP contribution < -0.4 is 10.6 Å². The standard InChI is InChI=1S/C26H36N4O3/c1-27-23(31)17-29-6-8-30(9-7-29)24(32)22-4-2-18(3-5-22)16-28-25(33)26-13-19-10-20(14-26)12-21(11-19)15-26/h2-5,19-21H,6-17H2,1H3,(H,27,31)(H,28,33). The smallest absolute Gasteiger partial charge is 0.253 e. The molecule has 178 valence electrons. The molecule has 4 bridgehead atoms. The van der Waals surface area contributed by atoms with E-state index in [9.17, 15) is 14.4 Å². The highest BCUT2D eigenvalue weighted by molar-refractivity contribution is 5.94. The molecule has 0 atom stereocenters. The number of likely N-dealkylation sites (N-methyl/N-ethyl adjacent to an activating group) is 1. The summed E-state index contributed by atoms with van der Waals surface area (Å²) in [6.07, 6.45) is 7.25. The quantitative estimate of drug-likeness (QED) is 0.692. The molecule has 1 saturated heterocycles. The lowest BCUT2D eigenvalue weighted by atomic mass is 9.49. The lowest BCUT2D eigenvalue weighted by Gasteiger charge is -2.55. The molecule has 6 rings (SSSR count). The van der Waals surface area contributed by atoms with Crippen LogP contribution in [0.4, 0.5) is 0 Å². The third-order valence-corrected chi connectivity index (χ3v) is 8.48. The summed E-state index contributed by atoms with van der Waals surface area (Å²) in [4.78, 5) is 41.5. The Bertz CT molecular complexity index is 869. The number of carbonyl (C=O) groups excluding carboxylic acids is 3. The summed E-state index contributed by atoms with van der Waals surface area (Å²) in [5, 5.41) is 5.86. The minimum absolute atomic E-state index is 0.000601. The molecule has 1 aliphatic heterocycles. The van der Waals surface area contributed by atoms with Crippen molar-refractivity contribution in [3.05, 3.63) is 35.4 Å². The maximum absolute atomic E-state index is 13.2. The number of benzene rings is 1. The molecule has 3 amide bonds. The van der Waals surface area contributed by atoms with Gasteiger partial charge in [-0.1, -0.05) is 12.1 Å². The minimum Gasteiger partial charge on any atom is -0.358 e. The van der Waals surface area contributed by atoms with Crippen molar-refractivity contribution in [3.63, 3.8) is 0 Å². The second-order valence-electron chi connectivity index (χ2n) is 10.8. The van der Waals surface area contributed by atoms with E-state index < -0.39 is 0 Å². The van der Waals surface area contributed by atoms with Crippen LogP contribution >= 0.6 is 0 Å². The third kappa shape index (κ3) is 4.65. The first kappa shape index (κ1) is 22.4. The first-order valence-corrected chi connectivity index (χ1v) is 12.5. The Kier molecular flexibility index (Phi) is 6.16. The van der Waals surface area contributed by atoms with Gasteiger partial charge in [-0.3, -0.25) is 19.3 Å². The fourth-order valence-electron chi connectivity index (χ4n) is 7.10. The second-order valence-corrected chi connectivity index (χ2v) is 10.8. The lowest BCUT2D eigenvalue weighted by Crippen LogP contribution is -2.53. The molecule has 33 heavy (non-hydrogen) atoms. The molecule has 4 aliphatic carbocycles. The Morgan fingerprint density at radius 3 is 2.03 bits per heavy atom. The molecule has 0 aromatic heterocycles. The van der Waals surface area contributed by atoms with Crippen LogP contribution in [-0.4, -0.2) is 67.3 Å². The van der Waals surface area contributed by atoms with E-state index >= 15 is 0 Å². The van der Waals surface area contributed by atoms with Crippen molar-refractivity contribution < 1.29 is 14.4 Å². The van der Waals surface area contributed by atoms with Crippen LogP contribution in [0, 0.1) is 23.2 Å². The monoisotopic (exact) mass is 452 g/mol.